The van der Waals surface area contributed by atoms with Crippen molar-refractivity contribution < 1.29 is 0 Å². The van der Waals surface area contributed by atoms with Gasteiger partial charge in [0, 0.05) is 25.2 Å². The molecule has 0 aliphatic carbocycles. The topological polar surface area (TPSA) is 15.3 Å². The standard InChI is InChI=1S/C12H24N2/c1-4-9-14(11(2)3)10-7-12-6-5-8-13-12/h4,11-13H,1,5-10H2,2-3H3. The highest BCUT2D eigenvalue weighted by atomic mass is 15.1. The van der Waals surface area contributed by atoms with Gasteiger partial charge in [0.05, 0.1) is 0 Å². The van der Waals surface area contributed by atoms with E-state index in [2.05, 4.69) is 30.6 Å². The molecular weight excluding hydrogens is 172 g/mol. The van der Waals surface area contributed by atoms with Crippen molar-refractivity contribution in [3.05, 3.63) is 12.7 Å². The van der Waals surface area contributed by atoms with E-state index in [1.165, 1.54) is 32.4 Å². The molecule has 1 unspecified atom stereocenters. The molecule has 0 amide bonds. The molecule has 0 bridgehead atoms. The molecule has 1 atom stereocenters. The molecule has 1 aliphatic heterocycles. The molecule has 1 aliphatic rings. The zero-order valence-electron chi connectivity index (χ0n) is 9.63. The van der Waals surface area contributed by atoms with Gasteiger partial charge >= 0.3 is 0 Å². The van der Waals surface area contributed by atoms with Crippen LogP contribution in [0.25, 0.3) is 0 Å². The lowest BCUT2D eigenvalue weighted by Gasteiger charge is -2.26. The third-order valence-electron chi connectivity index (χ3n) is 3.02. The molecule has 0 aromatic rings. The molecule has 2 heteroatoms. The lowest BCUT2D eigenvalue weighted by atomic mass is 10.1. The van der Waals surface area contributed by atoms with E-state index in [1.807, 2.05) is 6.08 Å². The first-order valence-corrected chi connectivity index (χ1v) is 5.82. The number of nitrogens with zero attached hydrogens (tertiary/aromatic N) is 1. The Balaban J connectivity index is 2.21. The van der Waals surface area contributed by atoms with Gasteiger partial charge < -0.3 is 5.32 Å². The van der Waals surface area contributed by atoms with Crippen LogP contribution in [0.2, 0.25) is 0 Å². The van der Waals surface area contributed by atoms with E-state index in [0.717, 1.165) is 12.6 Å². The van der Waals surface area contributed by atoms with Crippen LogP contribution in [0.15, 0.2) is 12.7 Å². The van der Waals surface area contributed by atoms with Gasteiger partial charge in [-0.25, -0.2) is 0 Å². The Labute approximate surface area is 88.4 Å². The first-order valence-electron chi connectivity index (χ1n) is 5.82. The number of hydrogen-bond acceptors (Lipinski definition) is 2. The van der Waals surface area contributed by atoms with E-state index in [0.29, 0.717) is 6.04 Å². The van der Waals surface area contributed by atoms with Crippen LogP contribution in [0, 0.1) is 0 Å². The van der Waals surface area contributed by atoms with Gasteiger partial charge in [-0.15, -0.1) is 6.58 Å². The molecule has 1 rings (SSSR count). The molecule has 1 fully saturated rings. The summed E-state index contributed by atoms with van der Waals surface area (Å²) in [5.74, 6) is 0. The molecule has 0 saturated carbocycles. The normalized spacial score (nSPS) is 22.1. The summed E-state index contributed by atoms with van der Waals surface area (Å²) in [6.45, 7) is 11.7. The molecule has 2 nitrogen and oxygen atoms in total. The first kappa shape index (κ1) is 11.7. The average molecular weight is 196 g/mol. The third-order valence-corrected chi connectivity index (χ3v) is 3.02. The van der Waals surface area contributed by atoms with E-state index in [4.69, 9.17) is 0 Å². The van der Waals surface area contributed by atoms with Crippen molar-refractivity contribution in [2.45, 2.75) is 45.2 Å². The maximum absolute atomic E-state index is 3.81. The maximum Gasteiger partial charge on any atom is 0.0163 e. The van der Waals surface area contributed by atoms with Crippen molar-refractivity contribution in [2.75, 3.05) is 19.6 Å². The van der Waals surface area contributed by atoms with Gasteiger partial charge in [0.1, 0.15) is 0 Å². The summed E-state index contributed by atoms with van der Waals surface area (Å²) >= 11 is 0. The van der Waals surface area contributed by atoms with E-state index in [1.54, 1.807) is 0 Å². The van der Waals surface area contributed by atoms with Crippen molar-refractivity contribution in [3.8, 4) is 0 Å². The van der Waals surface area contributed by atoms with E-state index < -0.39 is 0 Å². The number of hydrogen-bond donors (Lipinski definition) is 1. The average Bonchev–Trinajstić information content (AvgIpc) is 2.64. The van der Waals surface area contributed by atoms with Gasteiger partial charge in [-0.3, -0.25) is 4.90 Å². The zero-order valence-corrected chi connectivity index (χ0v) is 9.63. The van der Waals surface area contributed by atoms with E-state index >= 15 is 0 Å². The summed E-state index contributed by atoms with van der Waals surface area (Å²) in [7, 11) is 0. The van der Waals surface area contributed by atoms with Crippen LogP contribution in [0.4, 0.5) is 0 Å². The van der Waals surface area contributed by atoms with Crippen molar-refractivity contribution >= 4 is 0 Å². The fourth-order valence-corrected chi connectivity index (χ4v) is 2.05. The maximum atomic E-state index is 3.81. The van der Waals surface area contributed by atoms with Crippen LogP contribution in [0.1, 0.15) is 33.1 Å². The summed E-state index contributed by atoms with van der Waals surface area (Å²) in [5, 5.41) is 3.54. The van der Waals surface area contributed by atoms with Gasteiger partial charge in [-0.1, -0.05) is 6.08 Å². The Morgan fingerprint density at radius 1 is 1.57 bits per heavy atom. The molecule has 0 spiro atoms. The quantitative estimate of drug-likeness (QED) is 0.654. The van der Waals surface area contributed by atoms with Crippen molar-refractivity contribution in [3.63, 3.8) is 0 Å². The van der Waals surface area contributed by atoms with Crippen LogP contribution in [0.3, 0.4) is 0 Å². The van der Waals surface area contributed by atoms with Crippen molar-refractivity contribution in [1.82, 2.24) is 10.2 Å². The second kappa shape index (κ2) is 6.20. The molecular formula is C12H24N2. The van der Waals surface area contributed by atoms with Gasteiger partial charge in [0.25, 0.3) is 0 Å². The number of rotatable bonds is 6. The fraction of sp³-hybridized carbons (Fsp3) is 0.833. The van der Waals surface area contributed by atoms with Crippen molar-refractivity contribution in [1.29, 1.82) is 0 Å². The van der Waals surface area contributed by atoms with Crippen LogP contribution < -0.4 is 5.32 Å². The summed E-state index contributed by atoms with van der Waals surface area (Å²) in [6.07, 6.45) is 6.00. The Morgan fingerprint density at radius 3 is 2.86 bits per heavy atom. The lowest BCUT2D eigenvalue weighted by molar-refractivity contribution is 0.234. The van der Waals surface area contributed by atoms with Crippen LogP contribution in [0.5, 0.6) is 0 Å². The number of nitrogens with one attached hydrogen (secondary N) is 1. The molecule has 1 heterocycles. The molecule has 1 saturated heterocycles. The Bertz CT molecular complexity index is 160. The summed E-state index contributed by atoms with van der Waals surface area (Å²) in [5.41, 5.74) is 0. The van der Waals surface area contributed by atoms with Gasteiger partial charge in [-0.05, 0) is 39.7 Å². The SMILES string of the molecule is C=CCN(CCC1CCCN1)C(C)C. The molecule has 1 N–H and O–H groups in total. The van der Waals surface area contributed by atoms with Crippen LogP contribution in [-0.2, 0) is 0 Å². The second-order valence-electron chi connectivity index (χ2n) is 4.46. The Morgan fingerprint density at radius 2 is 2.36 bits per heavy atom. The third kappa shape index (κ3) is 3.81. The minimum Gasteiger partial charge on any atom is -0.314 e. The van der Waals surface area contributed by atoms with E-state index in [-0.39, 0.29) is 0 Å². The highest BCUT2D eigenvalue weighted by Gasteiger charge is 2.15. The minimum absolute atomic E-state index is 0.634. The monoisotopic (exact) mass is 196 g/mol. The Kier molecular flexibility index (Phi) is 5.20. The first-order chi connectivity index (χ1) is 6.74. The predicted molar refractivity (Wildman–Crippen MR) is 62.5 cm³/mol. The van der Waals surface area contributed by atoms with Crippen LogP contribution in [-0.4, -0.2) is 36.6 Å². The molecule has 14 heavy (non-hydrogen) atoms. The predicted octanol–water partition coefficient (Wildman–Crippen LogP) is 2.02. The van der Waals surface area contributed by atoms with Gasteiger partial charge in [0.15, 0.2) is 0 Å². The summed E-state index contributed by atoms with van der Waals surface area (Å²) in [6, 6.07) is 1.40. The second-order valence-corrected chi connectivity index (χ2v) is 4.46. The smallest absolute Gasteiger partial charge is 0.0163 e. The molecule has 0 aromatic heterocycles. The van der Waals surface area contributed by atoms with Crippen LogP contribution >= 0.6 is 0 Å². The largest absolute Gasteiger partial charge is 0.314 e. The zero-order chi connectivity index (χ0) is 10.4. The Hall–Kier alpha value is -0.340. The fourth-order valence-electron chi connectivity index (χ4n) is 2.05. The molecule has 0 radical (unpaired) electrons. The molecule has 82 valence electrons. The highest BCUT2D eigenvalue weighted by Crippen LogP contribution is 2.10. The van der Waals surface area contributed by atoms with Crippen molar-refractivity contribution in [2.24, 2.45) is 0 Å². The van der Waals surface area contributed by atoms with E-state index in [9.17, 15) is 0 Å². The summed E-state index contributed by atoms with van der Waals surface area (Å²) < 4.78 is 0. The highest BCUT2D eigenvalue weighted by molar-refractivity contribution is 4.79. The van der Waals surface area contributed by atoms with Gasteiger partial charge in [-0.2, -0.15) is 0 Å². The summed E-state index contributed by atoms with van der Waals surface area (Å²) in [4.78, 5) is 2.48. The molecule has 0 aromatic carbocycles. The minimum atomic E-state index is 0.634. The lowest BCUT2D eigenvalue weighted by Crippen LogP contribution is -2.35. The van der Waals surface area contributed by atoms with Gasteiger partial charge in [0.2, 0.25) is 0 Å².